The first-order valence-corrected chi connectivity index (χ1v) is 7.77. The average Bonchev–Trinajstić information content (AvgIpc) is 2.62. The SMILES string of the molecule is CCOc1ccc(OCNC(=O)NCc2ccc(CO)cc2)cc1. The number of carbonyl (C=O) groups excluding carboxylic acids is 1. The Hall–Kier alpha value is -2.73. The van der Waals surface area contributed by atoms with Gasteiger partial charge in [-0.15, -0.1) is 0 Å². The number of carbonyl (C=O) groups is 1. The summed E-state index contributed by atoms with van der Waals surface area (Å²) >= 11 is 0. The maximum Gasteiger partial charge on any atom is 0.317 e. The molecule has 0 heterocycles. The molecule has 2 rings (SSSR count). The summed E-state index contributed by atoms with van der Waals surface area (Å²) in [6, 6.07) is 14.3. The second-order valence-electron chi connectivity index (χ2n) is 5.03. The third-order valence-electron chi connectivity index (χ3n) is 3.26. The number of benzene rings is 2. The van der Waals surface area contributed by atoms with Gasteiger partial charge in [-0.1, -0.05) is 24.3 Å². The fourth-order valence-electron chi connectivity index (χ4n) is 1.99. The number of aliphatic hydroxyl groups is 1. The molecule has 0 aliphatic heterocycles. The molecule has 3 N–H and O–H groups in total. The van der Waals surface area contributed by atoms with Crippen molar-refractivity contribution in [1.82, 2.24) is 10.6 Å². The van der Waals surface area contributed by atoms with Gasteiger partial charge in [0.2, 0.25) is 0 Å². The molecule has 2 amide bonds. The van der Waals surface area contributed by atoms with Crippen LogP contribution in [0, 0.1) is 0 Å². The molecule has 0 aliphatic carbocycles. The fraction of sp³-hybridized carbons (Fsp3) is 0.278. The zero-order valence-electron chi connectivity index (χ0n) is 13.6. The van der Waals surface area contributed by atoms with Crippen LogP contribution in [0.4, 0.5) is 4.79 Å². The zero-order valence-corrected chi connectivity index (χ0v) is 13.6. The summed E-state index contributed by atoms with van der Waals surface area (Å²) < 4.78 is 10.8. The van der Waals surface area contributed by atoms with E-state index in [9.17, 15) is 4.79 Å². The Balaban J connectivity index is 1.67. The third-order valence-corrected chi connectivity index (χ3v) is 3.26. The molecule has 2 aromatic rings. The smallest absolute Gasteiger partial charge is 0.317 e. The molecule has 0 atom stereocenters. The monoisotopic (exact) mass is 330 g/mol. The highest BCUT2D eigenvalue weighted by atomic mass is 16.5. The van der Waals surface area contributed by atoms with Crippen LogP contribution in [0.2, 0.25) is 0 Å². The van der Waals surface area contributed by atoms with Crippen molar-refractivity contribution in [2.75, 3.05) is 13.3 Å². The summed E-state index contributed by atoms with van der Waals surface area (Å²) in [4.78, 5) is 11.7. The lowest BCUT2D eigenvalue weighted by molar-refractivity contribution is 0.223. The maximum absolute atomic E-state index is 11.7. The van der Waals surface area contributed by atoms with Crippen LogP contribution >= 0.6 is 0 Å². The minimum absolute atomic E-state index is 0.0110. The van der Waals surface area contributed by atoms with Crippen LogP contribution in [0.25, 0.3) is 0 Å². The van der Waals surface area contributed by atoms with E-state index in [4.69, 9.17) is 14.6 Å². The van der Waals surface area contributed by atoms with Crippen molar-refractivity contribution in [3.8, 4) is 11.5 Å². The number of hydrogen-bond acceptors (Lipinski definition) is 4. The Bertz CT molecular complexity index is 626. The highest BCUT2D eigenvalue weighted by Crippen LogP contribution is 2.17. The first kappa shape index (κ1) is 17.6. The summed E-state index contributed by atoms with van der Waals surface area (Å²) in [6.45, 7) is 3.03. The van der Waals surface area contributed by atoms with Crippen molar-refractivity contribution >= 4 is 6.03 Å². The largest absolute Gasteiger partial charge is 0.494 e. The summed E-state index contributed by atoms with van der Waals surface area (Å²) in [5.74, 6) is 1.43. The Morgan fingerprint density at radius 2 is 1.50 bits per heavy atom. The summed E-state index contributed by atoms with van der Waals surface area (Å²) in [7, 11) is 0. The van der Waals surface area contributed by atoms with Crippen LogP contribution in [-0.2, 0) is 13.2 Å². The highest BCUT2D eigenvalue weighted by Gasteiger charge is 2.01. The number of hydrogen-bond donors (Lipinski definition) is 3. The molecule has 0 unspecified atom stereocenters. The Kier molecular flexibility index (Phi) is 6.91. The van der Waals surface area contributed by atoms with Crippen molar-refractivity contribution in [2.24, 2.45) is 0 Å². The molecule has 0 bridgehead atoms. The van der Waals surface area contributed by atoms with E-state index in [1.807, 2.05) is 43.3 Å². The second kappa shape index (κ2) is 9.42. The molecule has 0 aromatic heterocycles. The van der Waals surface area contributed by atoms with Gasteiger partial charge in [0.05, 0.1) is 13.2 Å². The molecule has 0 aliphatic rings. The van der Waals surface area contributed by atoms with Crippen molar-refractivity contribution in [2.45, 2.75) is 20.1 Å². The molecule has 0 fully saturated rings. The van der Waals surface area contributed by atoms with E-state index in [0.29, 0.717) is 18.9 Å². The van der Waals surface area contributed by atoms with Crippen LogP contribution < -0.4 is 20.1 Å². The van der Waals surface area contributed by atoms with Gasteiger partial charge in [-0.2, -0.15) is 0 Å². The number of nitrogens with one attached hydrogen (secondary N) is 2. The van der Waals surface area contributed by atoms with Gasteiger partial charge >= 0.3 is 6.03 Å². The lowest BCUT2D eigenvalue weighted by Gasteiger charge is -2.10. The normalized spacial score (nSPS) is 10.1. The molecule has 0 saturated carbocycles. The molecular formula is C18H22N2O4. The van der Waals surface area contributed by atoms with Crippen molar-refractivity contribution in [1.29, 1.82) is 0 Å². The molecule has 0 spiro atoms. The average molecular weight is 330 g/mol. The van der Waals surface area contributed by atoms with Gasteiger partial charge in [0.1, 0.15) is 11.5 Å². The van der Waals surface area contributed by atoms with E-state index in [-0.39, 0.29) is 19.4 Å². The third kappa shape index (κ3) is 5.81. The number of aliphatic hydroxyl groups excluding tert-OH is 1. The number of urea groups is 1. The quantitative estimate of drug-likeness (QED) is 0.650. The van der Waals surface area contributed by atoms with Crippen molar-refractivity contribution in [3.63, 3.8) is 0 Å². The minimum atomic E-state index is -0.313. The summed E-state index contributed by atoms with van der Waals surface area (Å²) in [6.07, 6.45) is 0. The first-order valence-electron chi connectivity index (χ1n) is 7.77. The van der Waals surface area contributed by atoms with E-state index in [1.165, 1.54) is 0 Å². The number of ether oxygens (including phenoxy) is 2. The molecule has 24 heavy (non-hydrogen) atoms. The fourth-order valence-corrected chi connectivity index (χ4v) is 1.99. The second-order valence-corrected chi connectivity index (χ2v) is 5.03. The van der Waals surface area contributed by atoms with E-state index in [1.54, 1.807) is 12.1 Å². The van der Waals surface area contributed by atoms with Gasteiger partial charge in [-0.05, 0) is 42.3 Å². The Labute approximate surface area is 141 Å². The van der Waals surface area contributed by atoms with Crippen molar-refractivity contribution < 1.29 is 19.4 Å². The predicted molar refractivity (Wildman–Crippen MR) is 90.8 cm³/mol. The Morgan fingerprint density at radius 1 is 0.917 bits per heavy atom. The minimum Gasteiger partial charge on any atom is -0.494 e. The van der Waals surface area contributed by atoms with Gasteiger partial charge in [-0.3, -0.25) is 0 Å². The highest BCUT2D eigenvalue weighted by molar-refractivity contribution is 5.73. The molecule has 6 heteroatoms. The lowest BCUT2D eigenvalue weighted by atomic mass is 10.1. The van der Waals surface area contributed by atoms with E-state index in [0.717, 1.165) is 16.9 Å². The van der Waals surface area contributed by atoms with Gasteiger partial charge in [-0.25, -0.2) is 4.79 Å². The first-order chi connectivity index (χ1) is 11.7. The molecule has 128 valence electrons. The lowest BCUT2D eigenvalue weighted by Crippen LogP contribution is -2.37. The van der Waals surface area contributed by atoms with Crippen LogP contribution in [0.1, 0.15) is 18.1 Å². The molecule has 6 nitrogen and oxygen atoms in total. The standard InChI is InChI=1S/C18H22N2O4/c1-2-23-16-7-9-17(10-8-16)24-13-20-18(22)19-11-14-3-5-15(12-21)6-4-14/h3-10,21H,2,11-13H2,1H3,(H2,19,20,22). The van der Waals surface area contributed by atoms with Gasteiger partial charge in [0.15, 0.2) is 6.73 Å². The summed E-state index contributed by atoms with van der Waals surface area (Å²) in [5, 5.41) is 14.3. The van der Waals surface area contributed by atoms with Gasteiger partial charge in [0, 0.05) is 6.54 Å². The molecule has 0 saturated heterocycles. The predicted octanol–water partition coefficient (Wildman–Crippen LogP) is 2.41. The van der Waals surface area contributed by atoms with E-state index < -0.39 is 0 Å². The van der Waals surface area contributed by atoms with E-state index >= 15 is 0 Å². The number of rotatable bonds is 8. The molecule has 2 aromatic carbocycles. The van der Waals surface area contributed by atoms with Gasteiger partial charge in [0.25, 0.3) is 0 Å². The molecular weight excluding hydrogens is 308 g/mol. The molecule has 0 radical (unpaired) electrons. The van der Waals surface area contributed by atoms with Crippen LogP contribution in [0.5, 0.6) is 11.5 Å². The van der Waals surface area contributed by atoms with Crippen LogP contribution in [0.15, 0.2) is 48.5 Å². The van der Waals surface area contributed by atoms with Crippen LogP contribution in [0.3, 0.4) is 0 Å². The van der Waals surface area contributed by atoms with E-state index in [2.05, 4.69) is 10.6 Å². The topological polar surface area (TPSA) is 79.8 Å². The van der Waals surface area contributed by atoms with Gasteiger partial charge < -0.3 is 25.2 Å². The number of amides is 2. The zero-order chi connectivity index (χ0) is 17.2. The Morgan fingerprint density at radius 3 is 2.08 bits per heavy atom. The van der Waals surface area contributed by atoms with Crippen LogP contribution in [-0.4, -0.2) is 24.5 Å². The maximum atomic E-state index is 11.7. The van der Waals surface area contributed by atoms with Crippen molar-refractivity contribution in [3.05, 3.63) is 59.7 Å². The summed E-state index contributed by atoms with van der Waals surface area (Å²) in [5.41, 5.74) is 1.79.